The topological polar surface area (TPSA) is 86.1 Å². The summed E-state index contributed by atoms with van der Waals surface area (Å²) >= 11 is 5.43. The van der Waals surface area contributed by atoms with Gasteiger partial charge >= 0.3 is 0 Å². The number of benzene rings is 1. The number of aromatic nitrogens is 2. The number of piperidine rings is 1. The van der Waals surface area contributed by atoms with Gasteiger partial charge in [-0.15, -0.1) is 0 Å². The molecule has 1 fully saturated rings. The Morgan fingerprint density at radius 3 is 2.62 bits per heavy atom. The smallest absolute Gasteiger partial charge is 0.171 e. The maximum absolute atomic E-state index is 9.82. The molecule has 32 heavy (non-hydrogen) atoms. The molecule has 1 aliphatic heterocycles. The summed E-state index contributed by atoms with van der Waals surface area (Å²) in [5, 5.41) is 16.9. The maximum atomic E-state index is 9.82. The fraction of sp³-hybridized carbons (Fsp3) is 0.250. The SMILES string of the molecule is Cc1ccc(Oc2ccnc(N3CCC(NC(=S)Nc4cccnc4)CC3)c2C#N)cc1. The Hall–Kier alpha value is -3.70. The van der Waals surface area contributed by atoms with Gasteiger partial charge < -0.3 is 20.3 Å². The highest BCUT2D eigenvalue weighted by atomic mass is 32.1. The van der Waals surface area contributed by atoms with E-state index in [9.17, 15) is 5.26 Å². The molecule has 1 aromatic carbocycles. The number of thiocarbonyl (C=S) groups is 1. The van der Waals surface area contributed by atoms with E-state index < -0.39 is 0 Å². The number of hydrogen-bond acceptors (Lipinski definition) is 6. The Balaban J connectivity index is 1.38. The lowest BCUT2D eigenvalue weighted by Gasteiger charge is -2.34. The number of pyridine rings is 2. The Bertz CT molecular complexity index is 1110. The van der Waals surface area contributed by atoms with E-state index in [1.54, 1.807) is 24.7 Å². The van der Waals surface area contributed by atoms with Crippen molar-refractivity contribution in [3.05, 3.63) is 72.2 Å². The van der Waals surface area contributed by atoms with Crippen LogP contribution in [0.5, 0.6) is 11.5 Å². The number of ether oxygens (including phenoxy) is 1. The molecule has 2 N–H and O–H groups in total. The predicted molar refractivity (Wildman–Crippen MR) is 129 cm³/mol. The first-order chi connectivity index (χ1) is 15.6. The summed E-state index contributed by atoms with van der Waals surface area (Å²) in [5.74, 6) is 1.87. The molecule has 0 bridgehead atoms. The number of hydrogen-bond donors (Lipinski definition) is 2. The van der Waals surface area contributed by atoms with Crippen LogP contribution in [0.3, 0.4) is 0 Å². The third-order valence-electron chi connectivity index (χ3n) is 5.30. The highest BCUT2D eigenvalue weighted by Gasteiger charge is 2.24. The fourth-order valence-corrected chi connectivity index (χ4v) is 3.91. The van der Waals surface area contributed by atoms with Gasteiger partial charge in [0.15, 0.2) is 10.9 Å². The highest BCUT2D eigenvalue weighted by molar-refractivity contribution is 7.80. The molecule has 0 atom stereocenters. The first-order valence-corrected chi connectivity index (χ1v) is 10.9. The Labute approximate surface area is 193 Å². The molecule has 0 radical (unpaired) electrons. The number of rotatable bonds is 5. The molecule has 4 rings (SSSR count). The molecular weight excluding hydrogens is 420 g/mol. The average Bonchev–Trinajstić information content (AvgIpc) is 2.81. The van der Waals surface area contributed by atoms with Crippen LogP contribution in [0, 0.1) is 18.3 Å². The molecule has 1 aliphatic rings. The minimum atomic E-state index is 0.250. The molecular formula is C24H24N6OS. The molecule has 0 saturated carbocycles. The second kappa shape index (κ2) is 10.1. The summed E-state index contributed by atoms with van der Waals surface area (Å²) in [7, 11) is 0. The van der Waals surface area contributed by atoms with Crippen molar-refractivity contribution in [1.29, 1.82) is 5.26 Å². The summed E-state index contributed by atoms with van der Waals surface area (Å²) in [5.41, 5.74) is 2.46. The van der Waals surface area contributed by atoms with Gasteiger partial charge in [0, 0.05) is 37.6 Å². The van der Waals surface area contributed by atoms with E-state index in [0.717, 1.165) is 37.2 Å². The molecule has 2 aromatic heterocycles. The molecule has 0 spiro atoms. The van der Waals surface area contributed by atoms with E-state index in [-0.39, 0.29) is 6.04 Å². The van der Waals surface area contributed by atoms with Crippen molar-refractivity contribution in [2.45, 2.75) is 25.8 Å². The van der Waals surface area contributed by atoms with E-state index in [4.69, 9.17) is 17.0 Å². The van der Waals surface area contributed by atoms with Crippen LogP contribution in [0.15, 0.2) is 61.1 Å². The Morgan fingerprint density at radius 1 is 1.16 bits per heavy atom. The number of aryl methyl sites for hydroxylation is 1. The standard InChI is InChI=1S/C24H24N6OS/c1-17-4-6-20(7-5-17)31-22-8-12-27-23(21(22)15-25)30-13-9-18(10-14-30)28-24(32)29-19-3-2-11-26-16-19/h2-8,11-12,16,18H,9-10,13-14H2,1H3,(H2,28,29,32). The van der Waals surface area contributed by atoms with E-state index in [2.05, 4.69) is 31.6 Å². The molecule has 1 saturated heterocycles. The molecule has 162 valence electrons. The summed E-state index contributed by atoms with van der Waals surface area (Å²) < 4.78 is 5.99. The van der Waals surface area contributed by atoms with Crippen LogP contribution in [-0.2, 0) is 0 Å². The molecule has 0 aliphatic carbocycles. The molecule has 7 nitrogen and oxygen atoms in total. The van der Waals surface area contributed by atoms with Crippen LogP contribution in [-0.4, -0.2) is 34.2 Å². The van der Waals surface area contributed by atoms with Crippen molar-refractivity contribution in [3.8, 4) is 17.6 Å². The molecule has 8 heteroatoms. The van der Waals surface area contributed by atoms with Crippen molar-refractivity contribution in [1.82, 2.24) is 15.3 Å². The first kappa shape index (κ1) is 21.5. The van der Waals surface area contributed by atoms with E-state index in [1.165, 1.54) is 0 Å². The van der Waals surface area contributed by atoms with Crippen LogP contribution < -0.4 is 20.3 Å². The molecule has 3 heterocycles. The van der Waals surface area contributed by atoms with Crippen LogP contribution in [0.2, 0.25) is 0 Å². The minimum Gasteiger partial charge on any atom is -0.456 e. The predicted octanol–water partition coefficient (Wildman–Crippen LogP) is 4.40. The van der Waals surface area contributed by atoms with Gasteiger partial charge in [0.25, 0.3) is 0 Å². The zero-order chi connectivity index (χ0) is 22.3. The van der Waals surface area contributed by atoms with E-state index in [0.29, 0.717) is 28.0 Å². The monoisotopic (exact) mass is 444 g/mol. The summed E-state index contributed by atoms with van der Waals surface area (Å²) in [6, 6.07) is 15.8. The van der Waals surface area contributed by atoms with Crippen molar-refractivity contribution < 1.29 is 4.74 Å². The normalized spacial score (nSPS) is 13.8. The van der Waals surface area contributed by atoms with Gasteiger partial charge in [-0.1, -0.05) is 17.7 Å². The zero-order valence-corrected chi connectivity index (χ0v) is 18.6. The largest absolute Gasteiger partial charge is 0.456 e. The van der Waals surface area contributed by atoms with Crippen LogP contribution in [0.25, 0.3) is 0 Å². The van der Waals surface area contributed by atoms with Gasteiger partial charge in [0.2, 0.25) is 0 Å². The molecule has 0 amide bonds. The Kier molecular flexibility index (Phi) is 6.78. The average molecular weight is 445 g/mol. The van der Waals surface area contributed by atoms with Gasteiger partial charge in [-0.25, -0.2) is 4.98 Å². The minimum absolute atomic E-state index is 0.250. The third-order valence-corrected chi connectivity index (χ3v) is 5.52. The van der Waals surface area contributed by atoms with Gasteiger partial charge in [-0.05, 0) is 56.2 Å². The van der Waals surface area contributed by atoms with Crippen molar-refractivity contribution in [2.75, 3.05) is 23.3 Å². The number of nitriles is 1. The number of anilines is 2. The lowest BCUT2D eigenvalue weighted by Crippen LogP contribution is -2.46. The van der Waals surface area contributed by atoms with E-state index in [1.807, 2.05) is 43.3 Å². The Morgan fingerprint density at radius 2 is 1.94 bits per heavy atom. The zero-order valence-electron chi connectivity index (χ0n) is 17.8. The number of nitrogens with one attached hydrogen (secondary N) is 2. The first-order valence-electron chi connectivity index (χ1n) is 10.5. The van der Waals surface area contributed by atoms with Gasteiger partial charge in [-0.3, -0.25) is 4.98 Å². The van der Waals surface area contributed by atoms with Crippen LogP contribution in [0.1, 0.15) is 24.0 Å². The van der Waals surface area contributed by atoms with Crippen molar-refractivity contribution >= 4 is 28.8 Å². The molecule has 3 aromatic rings. The quantitative estimate of drug-likeness (QED) is 0.560. The summed E-state index contributed by atoms with van der Waals surface area (Å²) in [4.78, 5) is 10.7. The van der Waals surface area contributed by atoms with Gasteiger partial charge in [0.05, 0.1) is 11.9 Å². The van der Waals surface area contributed by atoms with Crippen LogP contribution in [0.4, 0.5) is 11.5 Å². The third kappa shape index (κ3) is 5.31. The maximum Gasteiger partial charge on any atom is 0.171 e. The lowest BCUT2D eigenvalue weighted by atomic mass is 10.0. The van der Waals surface area contributed by atoms with Crippen LogP contribution >= 0.6 is 12.2 Å². The molecule has 0 unspecified atom stereocenters. The van der Waals surface area contributed by atoms with Gasteiger partial charge in [0.1, 0.15) is 23.2 Å². The van der Waals surface area contributed by atoms with E-state index >= 15 is 0 Å². The van der Waals surface area contributed by atoms with Crippen molar-refractivity contribution in [2.24, 2.45) is 0 Å². The van der Waals surface area contributed by atoms with Crippen molar-refractivity contribution in [3.63, 3.8) is 0 Å². The second-order valence-electron chi connectivity index (χ2n) is 7.64. The second-order valence-corrected chi connectivity index (χ2v) is 8.04. The number of nitrogens with zero attached hydrogens (tertiary/aromatic N) is 4. The lowest BCUT2D eigenvalue weighted by molar-refractivity contribution is 0.461. The summed E-state index contributed by atoms with van der Waals surface area (Å²) in [6.45, 7) is 3.56. The fourth-order valence-electron chi connectivity index (χ4n) is 3.62. The van der Waals surface area contributed by atoms with Gasteiger partial charge in [-0.2, -0.15) is 5.26 Å². The highest BCUT2D eigenvalue weighted by Crippen LogP contribution is 2.31. The summed E-state index contributed by atoms with van der Waals surface area (Å²) in [6.07, 6.45) is 6.91.